The molecule has 4 heterocycles. The zero-order valence-corrected chi connectivity index (χ0v) is 19.2. The number of carbonyl (C=O) groups is 3. The molecule has 3 amide bonds. The molecule has 6 rings (SSSR count). The Morgan fingerprint density at radius 1 is 1.06 bits per heavy atom. The van der Waals surface area contributed by atoms with E-state index in [0.717, 1.165) is 27.8 Å². The van der Waals surface area contributed by atoms with Gasteiger partial charge in [-0.3, -0.25) is 19.3 Å². The van der Waals surface area contributed by atoms with E-state index >= 15 is 0 Å². The first kappa shape index (κ1) is 19.7. The number of fused-ring (bicyclic) bond motifs is 7. The highest BCUT2D eigenvalue weighted by Gasteiger charge is 2.74. The van der Waals surface area contributed by atoms with Crippen LogP contribution >= 0.6 is 39.1 Å². The van der Waals surface area contributed by atoms with Crippen molar-refractivity contribution in [2.75, 3.05) is 16.8 Å². The molecule has 1 N–H and O–H groups in total. The molecule has 3 fully saturated rings. The van der Waals surface area contributed by atoms with E-state index in [-0.39, 0.29) is 22.9 Å². The van der Waals surface area contributed by atoms with Gasteiger partial charge in [-0.25, -0.2) is 4.90 Å². The van der Waals surface area contributed by atoms with Crippen LogP contribution in [0.15, 0.2) is 40.9 Å². The number of imide groups is 1. The molecule has 4 aliphatic rings. The van der Waals surface area contributed by atoms with Crippen molar-refractivity contribution >= 4 is 68.2 Å². The topological polar surface area (TPSA) is 69.7 Å². The average molecular weight is 521 g/mol. The van der Waals surface area contributed by atoms with Crippen LogP contribution in [0.1, 0.15) is 18.4 Å². The van der Waals surface area contributed by atoms with Crippen molar-refractivity contribution in [3.05, 3.63) is 56.5 Å². The second-order valence-corrected chi connectivity index (χ2v) is 10.2. The van der Waals surface area contributed by atoms with Gasteiger partial charge in [-0.1, -0.05) is 39.1 Å². The van der Waals surface area contributed by atoms with Crippen LogP contribution < -0.4 is 10.2 Å². The lowest BCUT2D eigenvalue weighted by atomic mass is 9.75. The van der Waals surface area contributed by atoms with Crippen LogP contribution in [0.25, 0.3) is 0 Å². The smallest absolute Gasteiger partial charge is 0.250 e. The van der Waals surface area contributed by atoms with Crippen LogP contribution in [0.5, 0.6) is 0 Å². The van der Waals surface area contributed by atoms with E-state index in [1.54, 1.807) is 12.1 Å². The van der Waals surface area contributed by atoms with Gasteiger partial charge in [-0.05, 0) is 55.8 Å². The minimum atomic E-state index is -1.20. The maximum Gasteiger partial charge on any atom is 0.250 e. The summed E-state index contributed by atoms with van der Waals surface area (Å²) in [6.07, 6.45) is 1.64. The molecule has 0 bridgehead atoms. The first-order chi connectivity index (χ1) is 14.9. The minimum absolute atomic E-state index is 0.173. The SMILES string of the molecule is O=C1[C@H]2[C@@H](C(=O)N1c1ccc(Cl)cc1Cl)[C@]1(C(=O)Nc3ccc(Br)cc31)N1CCC[C@@H]21. The highest BCUT2D eigenvalue weighted by atomic mass is 79.9. The Morgan fingerprint density at radius 3 is 2.65 bits per heavy atom. The van der Waals surface area contributed by atoms with Crippen LogP contribution in [-0.4, -0.2) is 35.2 Å². The molecule has 4 aliphatic heterocycles. The van der Waals surface area contributed by atoms with E-state index in [2.05, 4.69) is 26.1 Å². The molecule has 9 heteroatoms. The summed E-state index contributed by atoms with van der Waals surface area (Å²) >= 11 is 15.9. The summed E-state index contributed by atoms with van der Waals surface area (Å²) in [4.78, 5) is 44.3. The first-order valence-electron chi connectivity index (χ1n) is 10.1. The van der Waals surface area contributed by atoms with Gasteiger partial charge >= 0.3 is 0 Å². The first-order valence-corrected chi connectivity index (χ1v) is 11.6. The monoisotopic (exact) mass is 519 g/mol. The van der Waals surface area contributed by atoms with Gasteiger partial charge in [0, 0.05) is 26.8 Å². The molecule has 0 aromatic heterocycles. The van der Waals surface area contributed by atoms with E-state index in [0.29, 0.717) is 22.9 Å². The number of nitrogens with one attached hydrogen (secondary N) is 1. The largest absolute Gasteiger partial charge is 0.324 e. The number of rotatable bonds is 1. The van der Waals surface area contributed by atoms with Crippen molar-refractivity contribution in [1.82, 2.24) is 4.90 Å². The van der Waals surface area contributed by atoms with Gasteiger partial charge in [0.2, 0.25) is 17.7 Å². The lowest BCUT2D eigenvalue weighted by Crippen LogP contribution is -2.54. The fourth-order valence-corrected chi connectivity index (χ4v) is 6.93. The number of halogens is 3. The summed E-state index contributed by atoms with van der Waals surface area (Å²) < 4.78 is 0.815. The fourth-order valence-electron chi connectivity index (χ4n) is 6.08. The minimum Gasteiger partial charge on any atom is -0.324 e. The fraction of sp³-hybridized carbons (Fsp3) is 0.318. The molecular weight excluding hydrogens is 505 g/mol. The molecule has 3 saturated heterocycles. The Balaban J connectivity index is 1.57. The van der Waals surface area contributed by atoms with Crippen LogP contribution in [0, 0.1) is 11.8 Å². The van der Waals surface area contributed by atoms with Crippen molar-refractivity contribution in [2.45, 2.75) is 24.4 Å². The second kappa shape index (κ2) is 6.54. The highest BCUT2D eigenvalue weighted by molar-refractivity contribution is 9.10. The van der Waals surface area contributed by atoms with Gasteiger partial charge in [0.25, 0.3) is 0 Å². The van der Waals surface area contributed by atoms with Crippen LogP contribution in [0.2, 0.25) is 10.0 Å². The molecule has 31 heavy (non-hydrogen) atoms. The van der Waals surface area contributed by atoms with Gasteiger partial charge in [0.15, 0.2) is 0 Å². The summed E-state index contributed by atoms with van der Waals surface area (Å²) in [6, 6.07) is 10.1. The zero-order chi connectivity index (χ0) is 21.7. The third kappa shape index (κ3) is 2.35. The Hall–Kier alpha value is -1.93. The van der Waals surface area contributed by atoms with Crippen LogP contribution in [0.4, 0.5) is 11.4 Å². The molecule has 0 radical (unpaired) electrons. The van der Waals surface area contributed by atoms with Crippen LogP contribution in [0.3, 0.4) is 0 Å². The van der Waals surface area contributed by atoms with Gasteiger partial charge in [0.1, 0.15) is 5.54 Å². The Bertz CT molecular complexity index is 1200. The highest BCUT2D eigenvalue weighted by Crippen LogP contribution is 2.61. The lowest BCUT2D eigenvalue weighted by molar-refractivity contribution is -0.135. The predicted molar refractivity (Wildman–Crippen MR) is 120 cm³/mol. The van der Waals surface area contributed by atoms with Gasteiger partial charge in [0.05, 0.1) is 22.5 Å². The molecule has 4 atom stereocenters. The summed E-state index contributed by atoms with van der Waals surface area (Å²) in [5.74, 6) is -2.35. The van der Waals surface area contributed by atoms with Crippen LogP contribution in [-0.2, 0) is 19.9 Å². The number of benzene rings is 2. The third-order valence-electron chi connectivity index (χ3n) is 7.11. The van der Waals surface area contributed by atoms with E-state index in [9.17, 15) is 14.4 Å². The standard InChI is InChI=1S/C22H16BrCl2N3O3/c23-10-3-5-14-12(8-10)22(21(31)26-14)18-17(16-2-1-7-27(16)22)19(29)28(20(18)30)15-6-4-11(24)9-13(15)25/h3-6,8-9,16-18H,1-2,7H2,(H,26,31)/t16-,17+,18-,22+/m0/s1. The van der Waals surface area contributed by atoms with Gasteiger partial charge < -0.3 is 5.32 Å². The molecule has 0 saturated carbocycles. The molecule has 2 aromatic carbocycles. The summed E-state index contributed by atoms with van der Waals surface area (Å²) in [5, 5.41) is 3.61. The van der Waals surface area contributed by atoms with E-state index < -0.39 is 23.3 Å². The van der Waals surface area contributed by atoms with E-state index in [1.165, 1.54) is 6.07 Å². The quantitative estimate of drug-likeness (QED) is 0.572. The molecule has 0 aliphatic carbocycles. The Morgan fingerprint density at radius 2 is 1.87 bits per heavy atom. The van der Waals surface area contributed by atoms with E-state index in [1.807, 2.05) is 18.2 Å². The molecular formula is C22H16BrCl2N3O3. The number of anilines is 2. The number of amides is 3. The molecule has 158 valence electrons. The summed E-state index contributed by atoms with van der Waals surface area (Å²) in [5.41, 5.74) is 0.535. The zero-order valence-electron chi connectivity index (χ0n) is 16.1. The number of nitrogens with zero attached hydrogens (tertiary/aromatic N) is 2. The maximum atomic E-state index is 13.9. The molecule has 2 aromatic rings. The number of carbonyl (C=O) groups excluding carboxylic acids is 3. The third-order valence-corrected chi connectivity index (χ3v) is 8.14. The second-order valence-electron chi connectivity index (χ2n) is 8.42. The number of hydrogen-bond donors (Lipinski definition) is 1. The number of hydrogen-bond acceptors (Lipinski definition) is 4. The van der Waals surface area contributed by atoms with Crippen molar-refractivity contribution in [1.29, 1.82) is 0 Å². The average Bonchev–Trinajstić information content (AvgIpc) is 3.42. The summed E-state index contributed by atoms with van der Waals surface area (Å²) in [6.45, 7) is 0.666. The molecule has 0 unspecified atom stereocenters. The Kier molecular flexibility index (Phi) is 4.16. The van der Waals surface area contributed by atoms with Crippen molar-refractivity contribution in [3.63, 3.8) is 0 Å². The maximum absolute atomic E-state index is 13.9. The molecule has 6 nitrogen and oxygen atoms in total. The lowest BCUT2D eigenvalue weighted by Gasteiger charge is -2.36. The normalized spacial score (nSPS) is 31.4. The Labute approximate surface area is 196 Å². The predicted octanol–water partition coefficient (Wildman–Crippen LogP) is 4.19. The van der Waals surface area contributed by atoms with Crippen molar-refractivity contribution < 1.29 is 14.4 Å². The van der Waals surface area contributed by atoms with Gasteiger partial charge in [-0.15, -0.1) is 0 Å². The van der Waals surface area contributed by atoms with Crippen molar-refractivity contribution in [2.24, 2.45) is 11.8 Å². The van der Waals surface area contributed by atoms with E-state index in [4.69, 9.17) is 23.2 Å². The molecule has 1 spiro atoms. The summed E-state index contributed by atoms with van der Waals surface area (Å²) in [7, 11) is 0. The van der Waals surface area contributed by atoms with Crippen molar-refractivity contribution in [3.8, 4) is 0 Å². The van der Waals surface area contributed by atoms with Gasteiger partial charge in [-0.2, -0.15) is 0 Å².